The molecular formula is C22H21N3O. The maximum atomic E-state index is 12.9. The normalized spacial score (nSPS) is 15.8. The molecule has 1 saturated heterocycles. The van der Waals surface area contributed by atoms with Crippen molar-refractivity contribution in [2.24, 2.45) is 0 Å². The Hall–Kier alpha value is -3.01. The number of hydrogen-bond donors (Lipinski definition) is 2. The Morgan fingerprint density at radius 3 is 2.50 bits per heavy atom. The van der Waals surface area contributed by atoms with Crippen molar-refractivity contribution in [2.45, 2.75) is 18.8 Å². The molecule has 26 heavy (non-hydrogen) atoms. The lowest BCUT2D eigenvalue weighted by Gasteiger charge is -2.31. The standard InChI is InChI=1S/C22H21N3O/c26-22(21-13-16-5-1-3-7-19(16)24-21)25-11-9-15(10-12-25)18-14-23-20-8-4-2-6-17(18)20/h1-8,13-15,23-24H,9-12H2. The second-order valence-corrected chi connectivity index (χ2v) is 7.13. The number of hydrogen-bond acceptors (Lipinski definition) is 1. The van der Waals surface area contributed by atoms with Gasteiger partial charge in [0.1, 0.15) is 5.69 Å². The average Bonchev–Trinajstić information content (AvgIpc) is 3.32. The average molecular weight is 343 g/mol. The van der Waals surface area contributed by atoms with Gasteiger partial charge in [0.15, 0.2) is 0 Å². The van der Waals surface area contributed by atoms with Crippen LogP contribution in [0.3, 0.4) is 0 Å². The first-order chi connectivity index (χ1) is 12.8. The summed E-state index contributed by atoms with van der Waals surface area (Å²) in [6.45, 7) is 1.61. The highest BCUT2D eigenvalue weighted by Crippen LogP contribution is 2.33. The van der Waals surface area contributed by atoms with E-state index in [1.165, 1.54) is 16.5 Å². The minimum atomic E-state index is 0.110. The third kappa shape index (κ3) is 2.49. The van der Waals surface area contributed by atoms with Crippen molar-refractivity contribution in [2.75, 3.05) is 13.1 Å². The number of H-pyrrole nitrogens is 2. The number of rotatable bonds is 2. The SMILES string of the molecule is O=C(c1cc2ccccc2[nH]1)N1CCC(c2c[nH]c3ccccc23)CC1. The van der Waals surface area contributed by atoms with Gasteiger partial charge in [-0.15, -0.1) is 0 Å². The number of aromatic amines is 2. The van der Waals surface area contributed by atoms with Crippen LogP contribution in [0.2, 0.25) is 0 Å². The number of fused-ring (bicyclic) bond motifs is 2. The van der Waals surface area contributed by atoms with E-state index < -0.39 is 0 Å². The molecule has 2 aromatic carbocycles. The van der Waals surface area contributed by atoms with Crippen molar-refractivity contribution < 1.29 is 4.79 Å². The molecule has 0 bridgehead atoms. The van der Waals surface area contributed by atoms with Crippen LogP contribution in [-0.4, -0.2) is 33.9 Å². The molecule has 130 valence electrons. The molecule has 0 unspecified atom stereocenters. The lowest BCUT2D eigenvalue weighted by Crippen LogP contribution is -2.38. The van der Waals surface area contributed by atoms with Crippen molar-refractivity contribution in [3.63, 3.8) is 0 Å². The Kier molecular flexibility index (Phi) is 3.56. The summed E-state index contributed by atoms with van der Waals surface area (Å²) in [5.41, 5.74) is 4.29. The minimum Gasteiger partial charge on any atom is -0.361 e. The summed E-state index contributed by atoms with van der Waals surface area (Å²) in [4.78, 5) is 21.5. The molecule has 1 aliphatic rings. The van der Waals surface area contributed by atoms with Gasteiger partial charge in [-0.05, 0) is 42.5 Å². The second-order valence-electron chi connectivity index (χ2n) is 7.13. The molecule has 1 amide bonds. The molecule has 0 saturated carbocycles. The number of piperidine rings is 1. The van der Waals surface area contributed by atoms with Gasteiger partial charge in [0.2, 0.25) is 0 Å². The molecule has 1 fully saturated rings. The highest BCUT2D eigenvalue weighted by Gasteiger charge is 2.26. The zero-order valence-electron chi connectivity index (χ0n) is 14.5. The molecule has 4 aromatic rings. The quantitative estimate of drug-likeness (QED) is 0.546. The number of nitrogens with one attached hydrogen (secondary N) is 2. The molecule has 2 aromatic heterocycles. The number of nitrogens with zero attached hydrogens (tertiary/aromatic N) is 1. The molecule has 1 aliphatic heterocycles. The fraction of sp³-hybridized carbons (Fsp3) is 0.227. The van der Waals surface area contributed by atoms with Crippen molar-refractivity contribution >= 4 is 27.7 Å². The molecule has 4 heteroatoms. The molecule has 0 atom stereocenters. The molecular weight excluding hydrogens is 322 g/mol. The zero-order chi connectivity index (χ0) is 17.5. The van der Waals surface area contributed by atoms with Crippen LogP contribution in [0, 0.1) is 0 Å². The summed E-state index contributed by atoms with van der Waals surface area (Å²) < 4.78 is 0. The van der Waals surface area contributed by atoms with Crippen molar-refractivity contribution in [1.82, 2.24) is 14.9 Å². The van der Waals surface area contributed by atoms with Crippen LogP contribution in [-0.2, 0) is 0 Å². The molecule has 4 nitrogen and oxygen atoms in total. The van der Waals surface area contributed by atoms with Crippen LogP contribution in [0.15, 0.2) is 60.8 Å². The molecule has 3 heterocycles. The topological polar surface area (TPSA) is 51.9 Å². The third-order valence-corrected chi connectivity index (χ3v) is 5.60. The fourth-order valence-electron chi connectivity index (χ4n) is 4.18. The summed E-state index contributed by atoms with van der Waals surface area (Å²) in [6, 6.07) is 18.4. The van der Waals surface area contributed by atoms with Crippen molar-refractivity contribution in [3.8, 4) is 0 Å². The lowest BCUT2D eigenvalue weighted by atomic mass is 9.89. The number of para-hydroxylation sites is 2. The molecule has 5 rings (SSSR count). The largest absolute Gasteiger partial charge is 0.361 e. The number of carbonyl (C=O) groups is 1. The van der Waals surface area contributed by atoms with Gasteiger partial charge in [0.25, 0.3) is 5.91 Å². The number of amides is 1. The highest BCUT2D eigenvalue weighted by molar-refractivity contribution is 5.98. The molecule has 2 N–H and O–H groups in total. The zero-order valence-corrected chi connectivity index (χ0v) is 14.5. The van der Waals surface area contributed by atoms with Crippen LogP contribution in [0.1, 0.15) is 34.8 Å². The van der Waals surface area contributed by atoms with Crippen LogP contribution < -0.4 is 0 Å². The number of aromatic nitrogens is 2. The minimum absolute atomic E-state index is 0.110. The van der Waals surface area contributed by atoms with E-state index in [2.05, 4.69) is 40.4 Å². The summed E-state index contributed by atoms with van der Waals surface area (Å²) >= 11 is 0. The maximum absolute atomic E-state index is 12.9. The van der Waals surface area contributed by atoms with Crippen molar-refractivity contribution in [3.05, 3.63) is 72.1 Å². The van der Waals surface area contributed by atoms with Gasteiger partial charge in [0.05, 0.1) is 0 Å². The maximum Gasteiger partial charge on any atom is 0.270 e. The van der Waals surface area contributed by atoms with E-state index in [4.69, 9.17) is 0 Å². The van der Waals surface area contributed by atoms with Gasteiger partial charge >= 0.3 is 0 Å². The summed E-state index contributed by atoms with van der Waals surface area (Å²) in [5.74, 6) is 0.622. The smallest absolute Gasteiger partial charge is 0.270 e. The first kappa shape index (κ1) is 15.3. The second kappa shape index (κ2) is 6.06. The third-order valence-electron chi connectivity index (χ3n) is 5.60. The Balaban J connectivity index is 1.33. The molecule has 0 spiro atoms. The Labute approximate surface area is 151 Å². The number of benzene rings is 2. The van der Waals surface area contributed by atoms with E-state index in [0.717, 1.165) is 36.8 Å². The van der Waals surface area contributed by atoms with E-state index >= 15 is 0 Å². The van der Waals surface area contributed by atoms with E-state index in [1.807, 2.05) is 35.2 Å². The first-order valence-corrected chi connectivity index (χ1v) is 9.22. The summed E-state index contributed by atoms with van der Waals surface area (Å²) in [6.07, 6.45) is 4.16. The van der Waals surface area contributed by atoms with Crippen molar-refractivity contribution in [1.29, 1.82) is 0 Å². The van der Waals surface area contributed by atoms with Gasteiger partial charge in [-0.2, -0.15) is 0 Å². The highest BCUT2D eigenvalue weighted by atomic mass is 16.2. The van der Waals surface area contributed by atoms with E-state index in [-0.39, 0.29) is 5.91 Å². The Morgan fingerprint density at radius 1 is 0.962 bits per heavy atom. The van der Waals surface area contributed by atoms with Gasteiger partial charge in [-0.25, -0.2) is 0 Å². The van der Waals surface area contributed by atoms with E-state index in [0.29, 0.717) is 11.6 Å². The number of carbonyl (C=O) groups excluding carboxylic acids is 1. The van der Waals surface area contributed by atoms with E-state index in [1.54, 1.807) is 0 Å². The first-order valence-electron chi connectivity index (χ1n) is 9.22. The van der Waals surface area contributed by atoms with Gasteiger partial charge in [-0.1, -0.05) is 36.4 Å². The van der Waals surface area contributed by atoms with Gasteiger partial charge in [-0.3, -0.25) is 4.79 Å². The predicted molar refractivity (Wildman–Crippen MR) is 104 cm³/mol. The summed E-state index contributed by atoms with van der Waals surface area (Å²) in [7, 11) is 0. The fourth-order valence-corrected chi connectivity index (χ4v) is 4.18. The number of likely N-dealkylation sites (tertiary alicyclic amines) is 1. The van der Waals surface area contributed by atoms with Gasteiger partial charge < -0.3 is 14.9 Å². The van der Waals surface area contributed by atoms with Crippen LogP contribution in [0.25, 0.3) is 21.8 Å². The van der Waals surface area contributed by atoms with Crippen LogP contribution >= 0.6 is 0 Å². The summed E-state index contributed by atoms with van der Waals surface area (Å²) in [5, 5.41) is 2.40. The molecule has 0 aliphatic carbocycles. The predicted octanol–water partition coefficient (Wildman–Crippen LogP) is 4.67. The lowest BCUT2D eigenvalue weighted by molar-refractivity contribution is 0.0708. The monoisotopic (exact) mass is 343 g/mol. The van der Waals surface area contributed by atoms with Crippen LogP contribution in [0.4, 0.5) is 0 Å². The van der Waals surface area contributed by atoms with E-state index in [9.17, 15) is 4.79 Å². The van der Waals surface area contributed by atoms with Crippen LogP contribution in [0.5, 0.6) is 0 Å². The van der Waals surface area contributed by atoms with Gasteiger partial charge in [0, 0.05) is 41.1 Å². The Bertz CT molecular complexity index is 1050. The Morgan fingerprint density at radius 2 is 1.69 bits per heavy atom. The molecule has 0 radical (unpaired) electrons.